The van der Waals surface area contributed by atoms with Gasteiger partial charge in [0, 0.05) is 32.6 Å². The molecule has 1 atom stereocenters. The third kappa shape index (κ3) is 5.29. The number of carbonyl (C=O) groups is 1. The van der Waals surface area contributed by atoms with Crippen LogP contribution in [0.15, 0.2) is 28.0 Å². The van der Waals surface area contributed by atoms with Crippen LogP contribution in [0, 0.1) is 6.92 Å². The van der Waals surface area contributed by atoms with E-state index in [1.807, 2.05) is 26.0 Å². The molecule has 0 aromatic carbocycles. The minimum atomic E-state index is -0.236. The third-order valence-corrected chi connectivity index (χ3v) is 6.98. The molecule has 8 nitrogen and oxygen atoms in total. The monoisotopic (exact) mass is 488 g/mol. The zero-order valence-electron chi connectivity index (χ0n) is 18.8. The van der Waals surface area contributed by atoms with E-state index >= 15 is 0 Å². The van der Waals surface area contributed by atoms with Crippen molar-refractivity contribution in [3.8, 4) is 0 Å². The van der Waals surface area contributed by atoms with Gasteiger partial charge in [0.05, 0.1) is 23.1 Å². The molecule has 0 spiro atoms. The van der Waals surface area contributed by atoms with Gasteiger partial charge in [-0.25, -0.2) is 4.98 Å². The van der Waals surface area contributed by atoms with E-state index in [0.29, 0.717) is 59.2 Å². The highest BCUT2D eigenvalue weighted by Crippen LogP contribution is 2.34. The predicted molar refractivity (Wildman–Crippen MR) is 135 cm³/mol. The van der Waals surface area contributed by atoms with Gasteiger partial charge < -0.3 is 14.8 Å². The summed E-state index contributed by atoms with van der Waals surface area (Å²) in [4.78, 5) is 33.2. The van der Waals surface area contributed by atoms with E-state index in [1.54, 1.807) is 17.2 Å². The van der Waals surface area contributed by atoms with Gasteiger partial charge in [-0.1, -0.05) is 30.0 Å². The third-order valence-electron chi connectivity index (χ3n) is 5.61. The van der Waals surface area contributed by atoms with Gasteiger partial charge in [0.2, 0.25) is 0 Å². The summed E-state index contributed by atoms with van der Waals surface area (Å²) < 4.78 is 13.1. The molecule has 0 bridgehead atoms. The Morgan fingerprint density at radius 2 is 2.27 bits per heavy atom. The SMILES string of the molecule is CCOCCCNc1nc2c(C)cccn2c(=O)c1/C=C1\SC(=S)N(CC2CCCO2)C1=O. The van der Waals surface area contributed by atoms with E-state index in [0.717, 1.165) is 24.8 Å². The van der Waals surface area contributed by atoms with E-state index in [9.17, 15) is 9.59 Å². The molecule has 1 N–H and O–H groups in total. The summed E-state index contributed by atoms with van der Waals surface area (Å²) in [6, 6.07) is 3.72. The number of fused-ring (bicyclic) bond motifs is 1. The lowest BCUT2D eigenvalue weighted by atomic mass is 10.2. The highest BCUT2D eigenvalue weighted by molar-refractivity contribution is 8.26. The minimum absolute atomic E-state index is 0.00496. The number of amides is 1. The smallest absolute Gasteiger partial charge is 0.267 e. The van der Waals surface area contributed by atoms with E-state index < -0.39 is 0 Å². The zero-order valence-corrected chi connectivity index (χ0v) is 20.5. The second kappa shape index (κ2) is 10.8. The van der Waals surface area contributed by atoms with Gasteiger partial charge in [-0.2, -0.15) is 0 Å². The minimum Gasteiger partial charge on any atom is -0.382 e. The molecule has 10 heteroatoms. The molecule has 1 unspecified atom stereocenters. The quantitative estimate of drug-likeness (QED) is 0.327. The first-order valence-electron chi connectivity index (χ1n) is 11.2. The molecule has 2 aromatic rings. The fourth-order valence-corrected chi connectivity index (χ4v) is 5.14. The highest BCUT2D eigenvalue weighted by atomic mass is 32.2. The van der Waals surface area contributed by atoms with Crippen molar-refractivity contribution < 1.29 is 14.3 Å². The van der Waals surface area contributed by atoms with Gasteiger partial charge in [0.25, 0.3) is 11.5 Å². The summed E-state index contributed by atoms with van der Waals surface area (Å²) >= 11 is 6.67. The second-order valence-corrected chi connectivity index (χ2v) is 9.64. The number of thioether (sulfide) groups is 1. The van der Waals surface area contributed by atoms with Crippen molar-refractivity contribution in [3.05, 3.63) is 44.7 Å². The van der Waals surface area contributed by atoms with E-state index in [1.165, 1.54) is 16.2 Å². The zero-order chi connectivity index (χ0) is 23.4. The Kier molecular flexibility index (Phi) is 7.79. The summed E-state index contributed by atoms with van der Waals surface area (Å²) in [5, 5.41) is 3.27. The molecule has 1 amide bonds. The Balaban J connectivity index is 1.66. The molecule has 0 saturated carbocycles. The molecule has 2 saturated heterocycles. The van der Waals surface area contributed by atoms with Crippen LogP contribution >= 0.6 is 24.0 Å². The molecule has 2 aromatic heterocycles. The molecule has 2 fully saturated rings. The van der Waals surface area contributed by atoms with Crippen molar-refractivity contribution >= 4 is 51.7 Å². The van der Waals surface area contributed by atoms with Gasteiger partial charge in [-0.05, 0) is 50.8 Å². The van der Waals surface area contributed by atoms with Crippen LogP contribution < -0.4 is 10.9 Å². The van der Waals surface area contributed by atoms with Gasteiger partial charge in [-0.15, -0.1) is 0 Å². The molecule has 176 valence electrons. The molecular formula is C23H28N4O4S2. The number of nitrogens with one attached hydrogen (secondary N) is 1. The Bertz CT molecular complexity index is 1140. The summed E-state index contributed by atoms with van der Waals surface area (Å²) in [6.45, 7) is 6.90. The van der Waals surface area contributed by atoms with Crippen molar-refractivity contribution in [2.45, 2.75) is 39.2 Å². The molecule has 0 radical (unpaired) electrons. The van der Waals surface area contributed by atoms with Gasteiger partial charge >= 0.3 is 0 Å². The van der Waals surface area contributed by atoms with Crippen LogP contribution in [-0.2, 0) is 14.3 Å². The number of nitrogens with zero attached hydrogens (tertiary/aromatic N) is 3. The van der Waals surface area contributed by atoms with Crippen LogP contribution in [0.3, 0.4) is 0 Å². The molecule has 0 aliphatic carbocycles. The maximum atomic E-state index is 13.4. The van der Waals surface area contributed by atoms with Gasteiger partial charge in [-0.3, -0.25) is 18.9 Å². The Morgan fingerprint density at radius 3 is 3.03 bits per heavy atom. The topological polar surface area (TPSA) is 85.2 Å². The lowest BCUT2D eigenvalue weighted by Gasteiger charge is -2.18. The second-order valence-electron chi connectivity index (χ2n) is 7.97. The number of anilines is 1. The van der Waals surface area contributed by atoms with Crippen LogP contribution in [0.4, 0.5) is 5.82 Å². The first-order valence-corrected chi connectivity index (χ1v) is 12.4. The first kappa shape index (κ1) is 23.9. The summed E-state index contributed by atoms with van der Waals surface area (Å²) in [5.74, 6) is 0.256. The fraction of sp³-hybridized carbons (Fsp3) is 0.478. The number of hydrogen-bond acceptors (Lipinski definition) is 8. The predicted octanol–water partition coefficient (Wildman–Crippen LogP) is 3.22. The molecule has 2 aliphatic heterocycles. The van der Waals surface area contributed by atoms with Crippen molar-refractivity contribution in [3.63, 3.8) is 0 Å². The number of pyridine rings is 1. The van der Waals surface area contributed by atoms with Crippen LogP contribution in [-0.4, -0.2) is 63.5 Å². The Morgan fingerprint density at radius 1 is 1.42 bits per heavy atom. The standard InChI is InChI=1S/C23H28N4O4S2/c1-3-30-11-6-9-24-19-17(21(28)26-10-4-7-15(2)20(26)25-19)13-18-22(29)27(23(32)33-18)14-16-8-5-12-31-16/h4,7,10,13,16,24H,3,5-6,8-9,11-12,14H2,1-2H3/b18-13-. The van der Waals surface area contributed by atoms with Crippen molar-refractivity contribution in [2.24, 2.45) is 0 Å². The lowest BCUT2D eigenvalue weighted by Crippen LogP contribution is -2.35. The van der Waals surface area contributed by atoms with E-state index in [-0.39, 0.29) is 17.6 Å². The van der Waals surface area contributed by atoms with Crippen LogP contribution in [0.5, 0.6) is 0 Å². The van der Waals surface area contributed by atoms with Gasteiger partial charge in [0.15, 0.2) is 0 Å². The maximum absolute atomic E-state index is 13.4. The number of aryl methyl sites for hydroxylation is 1. The van der Waals surface area contributed by atoms with Crippen molar-refractivity contribution in [2.75, 3.05) is 38.2 Å². The van der Waals surface area contributed by atoms with Crippen LogP contribution in [0.1, 0.15) is 37.3 Å². The summed E-state index contributed by atoms with van der Waals surface area (Å²) in [6.07, 6.45) is 5.99. The largest absolute Gasteiger partial charge is 0.382 e. The van der Waals surface area contributed by atoms with Crippen molar-refractivity contribution in [1.29, 1.82) is 0 Å². The van der Waals surface area contributed by atoms with E-state index in [4.69, 9.17) is 26.7 Å². The van der Waals surface area contributed by atoms with Crippen LogP contribution in [0.2, 0.25) is 0 Å². The Labute approximate surface area is 202 Å². The number of aromatic nitrogens is 2. The highest BCUT2D eigenvalue weighted by Gasteiger charge is 2.35. The maximum Gasteiger partial charge on any atom is 0.267 e. The average Bonchev–Trinajstić information content (AvgIpc) is 3.40. The average molecular weight is 489 g/mol. The van der Waals surface area contributed by atoms with E-state index in [2.05, 4.69) is 5.32 Å². The molecule has 2 aliphatic rings. The normalized spacial score (nSPS) is 19.9. The summed E-state index contributed by atoms with van der Waals surface area (Å²) in [7, 11) is 0. The number of rotatable bonds is 9. The van der Waals surface area contributed by atoms with Gasteiger partial charge in [0.1, 0.15) is 15.8 Å². The fourth-order valence-electron chi connectivity index (χ4n) is 3.88. The number of thiocarbonyl (C=S) groups is 1. The summed E-state index contributed by atoms with van der Waals surface area (Å²) in [5.41, 5.74) is 1.58. The molecule has 4 rings (SSSR count). The number of carbonyl (C=O) groups excluding carboxylic acids is 1. The molecule has 33 heavy (non-hydrogen) atoms. The molecule has 4 heterocycles. The van der Waals surface area contributed by atoms with Crippen LogP contribution in [0.25, 0.3) is 11.7 Å². The number of hydrogen-bond donors (Lipinski definition) is 1. The number of ether oxygens (including phenoxy) is 2. The van der Waals surface area contributed by atoms with Crippen molar-refractivity contribution in [1.82, 2.24) is 14.3 Å². The lowest BCUT2D eigenvalue weighted by molar-refractivity contribution is -0.123. The Hall–Kier alpha value is -2.27. The first-order chi connectivity index (χ1) is 16.0. The molecular weight excluding hydrogens is 460 g/mol.